The van der Waals surface area contributed by atoms with Gasteiger partial charge in [-0.3, -0.25) is 0 Å². The zero-order chi connectivity index (χ0) is 11.9. The Balaban J connectivity index is 1.90. The fraction of sp³-hybridized carbons (Fsp3) is 0.571. The van der Waals surface area contributed by atoms with Gasteiger partial charge in [-0.25, -0.2) is 0 Å². The molecule has 0 saturated carbocycles. The monoisotopic (exact) mass is 233 g/mol. The Labute approximate surface area is 102 Å². The smallest absolute Gasteiger partial charge is 0.0888 e. The summed E-state index contributed by atoms with van der Waals surface area (Å²) in [5.41, 5.74) is 1.90. The van der Waals surface area contributed by atoms with E-state index in [1.807, 2.05) is 13.0 Å². The Morgan fingerprint density at radius 3 is 3.06 bits per heavy atom. The van der Waals surface area contributed by atoms with E-state index in [-0.39, 0.29) is 12.1 Å². The zero-order valence-corrected chi connectivity index (χ0v) is 10.1. The summed E-state index contributed by atoms with van der Waals surface area (Å²) < 4.78 is 5.53. The van der Waals surface area contributed by atoms with Crippen molar-refractivity contribution in [3.8, 4) is 0 Å². The molecule has 0 aliphatic carbocycles. The highest BCUT2D eigenvalue weighted by Gasteiger charge is 2.43. The van der Waals surface area contributed by atoms with E-state index in [0.29, 0.717) is 19.4 Å². The molecule has 0 amide bonds. The van der Waals surface area contributed by atoms with Crippen LogP contribution in [0, 0.1) is 0 Å². The Morgan fingerprint density at radius 2 is 2.24 bits per heavy atom. The van der Waals surface area contributed by atoms with Crippen LogP contribution < -0.4 is 5.32 Å². The fourth-order valence-corrected chi connectivity index (χ4v) is 3.14. The normalized spacial score (nSPS) is 36.8. The molecule has 0 radical (unpaired) electrons. The van der Waals surface area contributed by atoms with Crippen molar-refractivity contribution in [1.29, 1.82) is 0 Å². The summed E-state index contributed by atoms with van der Waals surface area (Å²) in [5, 5.41) is 14.3. The molecule has 3 unspecified atom stereocenters. The molecule has 1 aromatic carbocycles. The fourth-order valence-electron chi connectivity index (χ4n) is 3.14. The Hall–Kier alpha value is -0.900. The van der Waals surface area contributed by atoms with Gasteiger partial charge in [0.15, 0.2) is 0 Å². The van der Waals surface area contributed by atoms with Crippen molar-refractivity contribution in [2.24, 2.45) is 0 Å². The van der Waals surface area contributed by atoms with Crippen LogP contribution in [0.2, 0.25) is 0 Å². The summed E-state index contributed by atoms with van der Waals surface area (Å²) in [6.45, 7) is 3.54. The van der Waals surface area contributed by atoms with E-state index in [0.717, 1.165) is 6.54 Å². The maximum absolute atomic E-state index is 10.8. The van der Waals surface area contributed by atoms with Gasteiger partial charge < -0.3 is 15.2 Å². The molecule has 17 heavy (non-hydrogen) atoms. The molecule has 2 heterocycles. The number of fused-ring (bicyclic) bond motifs is 1. The van der Waals surface area contributed by atoms with Gasteiger partial charge in [-0.15, -0.1) is 0 Å². The van der Waals surface area contributed by atoms with E-state index in [2.05, 4.69) is 23.5 Å². The van der Waals surface area contributed by atoms with E-state index in [1.165, 1.54) is 11.1 Å². The van der Waals surface area contributed by atoms with Gasteiger partial charge in [-0.05, 0) is 18.1 Å². The number of hydrogen-bond donors (Lipinski definition) is 2. The summed E-state index contributed by atoms with van der Waals surface area (Å²) in [7, 11) is 0. The zero-order valence-electron chi connectivity index (χ0n) is 10.1. The van der Waals surface area contributed by atoms with Gasteiger partial charge in [-0.2, -0.15) is 0 Å². The van der Waals surface area contributed by atoms with Crippen LogP contribution in [-0.2, 0) is 11.3 Å². The van der Waals surface area contributed by atoms with Crippen LogP contribution in [-0.4, -0.2) is 23.4 Å². The van der Waals surface area contributed by atoms with Crippen molar-refractivity contribution in [2.45, 2.75) is 44.1 Å². The van der Waals surface area contributed by atoms with E-state index < -0.39 is 5.60 Å². The lowest BCUT2D eigenvalue weighted by molar-refractivity contribution is -0.114. The first-order valence-electron chi connectivity index (χ1n) is 6.34. The van der Waals surface area contributed by atoms with Gasteiger partial charge in [-0.1, -0.05) is 24.3 Å². The van der Waals surface area contributed by atoms with Crippen molar-refractivity contribution >= 4 is 0 Å². The third kappa shape index (κ3) is 1.88. The molecule has 3 rings (SSSR count). The van der Waals surface area contributed by atoms with Gasteiger partial charge in [0.1, 0.15) is 0 Å². The highest BCUT2D eigenvalue weighted by molar-refractivity contribution is 5.36. The van der Waals surface area contributed by atoms with Crippen molar-refractivity contribution in [2.75, 3.05) is 6.61 Å². The van der Waals surface area contributed by atoms with E-state index in [1.54, 1.807) is 0 Å². The van der Waals surface area contributed by atoms with Crippen molar-refractivity contribution < 1.29 is 9.84 Å². The first-order valence-corrected chi connectivity index (χ1v) is 6.34. The number of rotatable bonds is 1. The molecule has 0 bridgehead atoms. The van der Waals surface area contributed by atoms with Gasteiger partial charge in [0, 0.05) is 26.0 Å². The molecule has 3 atom stereocenters. The van der Waals surface area contributed by atoms with Gasteiger partial charge >= 0.3 is 0 Å². The minimum Gasteiger partial charge on any atom is -0.388 e. The van der Waals surface area contributed by atoms with Crippen LogP contribution in [0.15, 0.2) is 24.3 Å². The van der Waals surface area contributed by atoms with Crippen molar-refractivity contribution in [1.82, 2.24) is 5.32 Å². The third-order valence-corrected chi connectivity index (χ3v) is 3.98. The molecule has 2 aliphatic rings. The first kappa shape index (κ1) is 11.2. The van der Waals surface area contributed by atoms with Crippen LogP contribution >= 0.6 is 0 Å². The molecule has 3 nitrogen and oxygen atoms in total. The lowest BCUT2D eigenvalue weighted by Crippen LogP contribution is -2.47. The average Bonchev–Trinajstić information content (AvgIpc) is 2.72. The molecule has 2 aliphatic heterocycles. The lowest BCUT2D eigenvalue weighted by atomic mass is 9.81. The van der Waals surface area contributed by atoms with Crippen LogP contribution in [0.3, 0.4) is 0 Å². The van der Waals surface area contributed by atoms with Gasteiger partial charge in [0.05, 0.1) is 17.7 Å². The third-order valence-electron chi connectivity index (χ3n) is 3.98. The van der Waals surface area contributed by atoms with E-state index in [9.17, 15) is 5.11 Å². The number of ether oxygens (including phenoxy) is 1. The first-order chi connectivity index (χ1) is 8.19. The number of benzene rings is 1. The molecule has 3 heteroatoms. The van der Waals surface area contributed by atoms with E-state index >= 15 is 0 Å². The van der Waals surface area contributed by atoms with Crippen LogP contribution in [0.5, 0.6) is 0 Å². The lowest BCUT2D eigenvalue weighted by Gasteiger charge is -2.40. The largest absolute Gasteiger partial charge is 0.388 e. The highest BCUT2D eigenvalue weighted by Crippen LogP contribution is 2.40. The topological polar surface area (TPSA) is 41.5 Å². The van der Waals surface area contributed by atoms with Crippen LogP contribution in [0.4, 0.5) is 0 Å². The predicted molar refractivity (Wildman–Crippen MR) is 65.6 cm³/mol. The number of aliphatic hydroxyl groups is 1. The Morgan fingerprint density at radius 1 is 1.41 bits per heavy atom. The second kappa shape index (κ2) is 4.09. The molecule has 92 valence electrons. The molecule has 1 saturated heterocycles. The minimum atomic E-state index is -0.662. The molecule has 1 fully saturated rings. The van der Waals surface area contributed by atoms with Crippen LogP contribution in [0.1, 0.15) is 36.9 Å². The SMILES string of the molecule is CC1CC(O)(C2NCc3ccccc32)CCO1. The standard InChI is InChI=1S/C14H19NO2/c1-10-8-14(16,6-7-17-10)13-12-5-3-2-4-11(12)9-15-13/h2-5,10,13,15-16H,6-9H2,1H3. The maximum Gasteiger partial charge on any atom is 0.0888 e. The van der Waals surface area contributed by atoms with Gasteiger partial charge in [0.2, 0.25) is 0 Å². The summed E-state index contributed by atoms with van der Waals surface area (Å²) in [5.74, 6) is 0. The predicted octanol–water partition coefficient (Wildman–Crippen LogP) is 1.76. The Bertz CT molecular complexity index is 420. The molecule has 0 spiro atoms. The van der Waals surface area contributed by atoms with Crippen LogP contribution in [0.25, 0.3) is 0 Å². The molecule has 2 N–H and O–H groups in total. The highest BCUT2D eigenvalue weighted by atomic mass is 16.5. The number of hydrogen-bond acceptors (Lipinski definition) is 3. The van der Waals surface area contributed by atoms with E-state index in [4.69, 9.17) is 4.74 Å². The molecular weight excluding hydrogens is 214 g/mol. The Kier molecular flexibility index (Phi) is 2.69. The number of nitrogens with one attached hydrogen (secondary N) is 1. The molecule has 1 aromatic rings. The van der Waals surface area contributed by atoms with Gasteiger partial charge in [0.25, 0.3) is 0 Å². The molecular formula is C14H19NO2. The summed E-state index contributed by atoms with van der Waals surface area (Å²) in [6, 6.07) is 8.42. The second-order valence-electron chi connectivity index (χ2n) is 5.25. The summed E-state index contributed by atoms with van der Waals surface area (Å²) in [6.07, 6.45) is 1.56. The maximum atomic E-state index is 10.8. The minimum absolute atomic E-state index is 0.0602. The summed E-state index contributed by atoms with van der Waals surface area (Å²) in [4.78, 5) is 0. The molecule has 0 aromatic heterocycles. The van der Waals surface area contributed by atoms with Crippen molar-refractivity contribution in [3.63, 3.8) is 0 Å². The second-order valence-corrected chi connectivity index (χ2v) is 5.25. The summed E-state index contributed by atoms with van der Waals surface area (Å²) >= 11 is 0. The quantitative estimate of drug-likeness (QED) is 0.776. The average molecular weight is 233 g/mol. The van der Waals surface area contributed by atoms with Crippen molar-refractivity contribution in [3.05, 3.63) is 35.4 Å².